The molecule has 0 bridgehead atoms. The summed E-state index contributed by atoms with van der Waals surface area (Å²) in [5.41, 5.74) is 0. The second-order valence-electron chi connectivity index (χ2n) is 2.93. The van der Waals surface area contributed by atoms with Crippen molar-refractivity contribution < 1.29 is 259 Å². The molecule has 0 saturated carbocycles. The minimum Gasteiger partial charge on any atom is -0.822 e. The van der Waals surface area contributed by atoms with Gasteiger partial charge in [0.05, 0.1) is 13.2 Å². The van der Waals surface area contributed by atoms with Gasteiger partial charge in [0.15, 0.2) is 0 Å². The summed E-state index contributed by atoms with van der Waals surface area (Å²) in [6, 6.07) is 0. The van der Waals surface area contributed by atoms with Gasteiger partial charge in [-0.1, -0.05) is 0 Å². The summed E-state index contributed by atoms with van der Waals surface area (Å²) in [5.74, 6) is 0. The molecular formula is C5H42Na4O27P2. The van der Waals surface area contributed by atoms with Gasteiger partial charge < -0.3 is 136 Å². The summed E-state index contributed by atoms with van der Waals surface area (Å²) in [5, 5.41) is 42.6. The maximum Gasteiger partial charge on any atom is 1.00 e. The van der Waals surface area contributed by atoms with Crippen LogP contribution >= 0.6 is 15.6 Å². The Balaban J connectivity index is -0.00000000504. The minimum atomic E-state index is -5.39. The van der Waals surface area contributed by atoms with Gasteiger partial charge in [0.25, 0.3) is 7.82 Å². The second-order valence-corrected chi connectivity index (χ2v) is 4.80. The molecule has 0 amide bonds. The monoisotopic (exact) mass is 688 g/mol. The summed E-state index contributed by atoms with van der Waals surface area (Å²) in [6.07, 6.45) is -4.29. The minimum absolute atomic E-state index is 0. The van der Waals surface area contributed by atoms with E-state index < -0.39 is 47.2 Å². The Kier molecular flexibility index (Phi) is 384. The van der Waals surface area contributed by atoms with E-state index in [0.29, 0.717) is 0 Å². The molecule has 35 N–H and O–H groups in total. The zero-order valence-electron chi connectivity index (χ0n) is 20.6. The van der Waals surface area contributed by atoms with Crippen LogP contribution in [0.1, 0.15) is 0 Å². The molecule has 0 aliphatic heterocycles. The third-order valence-corrected chi connectivity index (χ3v) is 1.16. The quantitative estimate of drug-likeness (QED) is 0.107. The molecule has 0 aliphatic rings. The zero-order chi connectivity index (χ0) is 17.1. The number of phosphoric acid groups is 2. The Morgan fingerprint density at radius 2 is 0.553 bits per heavy atom. The number of aliphatic hydroxyl groups is 5. The van der Waals surface area contributed by atoms with E-state index in [1.807, 2.05) is 0 Å². The number of rotatable bonds is 4. The Bertz CT molecular complexity index is 286. The van der Waals surface area contributed by atoms with Crippen LogP contribution in [0.5, 0.6) is 0 Å². The molecule has 0 spiro atoms. The topological polar surface area (TPSA) is 709 Å². The predicted octanol–water partition coefficient (Wildman–Crippen LogP) is -30.9. The van der Waals surface area contributed by atoms with E-state index in [-0.39, 0.29) is 195 Å². The normalized spacial score (nSPS) is 8.39. The Morgan fingerprint density at radius 3 is 0.605 bits per heavy atom. The molecule has 0 aromatic rings. The first-order chi connectivity index (χ1) is 8.63. The fourth-order valence-corrected chi connectivity index (χ4v) is 0.472. The van der Waals surface area contributed by atoms with E-state index >= 15 is 0 Å². The maximum atomic E-state index is 8.77. The van der Waals surface area contributed by atoms with Crippen molar-refractivity contribution in [2.45, 2.75) is 18.3 Å². The molecule has 38 heavy (non-hydrogen) atoms. The summed E-state index contributed by atoms with van der Waals surface area (Å²) in [6.45, 7) is -1.28. The smallest absolute Gasteiger partial charge is 0.822 e. The van der Waals surface area contributed by atoms with Gasteiger partial charge in [0.1, 0.15) is 18.3 Å². The van der Waals surface area contributed by atoms with E-state index in [0.717, 1.165) is 0 Å². The van der Waals surface area contributed by atoms with Crippen molar-refractivity contribution in [3.8, 4) is 0 Å². The average Bonchev–Trinajstić information content (AvgIpc) is 2.21. The van der Waals surface area contributed by atoms with Gasteiger partial charge >= 0.3 is 118 Å². The van der Waals surface area contributed by atoms with Crippen LogP contribution in [-0.2, 0) is 9.13 Å². The van der Waals surface area contributed by atoms with Crippen LogP contribution in [-0.4, -0.2) is 144 Å². The molecule has 0 aromatic heterocycles. The molecule has 0 heterocycles. The molecular weight excluding hydrogens is 646 g/mol. The van der Waals surface area contributed by atoms with Crippen molar-refractivity contribution in [3.05, 3.63) is 0 Å². The van der Waals surface area contributed by atoms with Crippen LogP contribution in [0.2, 0.25) is 0 Å². The molecule has 0 aliphatic carbocycles. The molecule has 0 aromatic carbocycles. The molecule has 2 atom stereocenters. The summed E-state index contributed by atoms with van der Waals surface area (Å²) in [7, 11) is -10.3. The van der Waals surface area contributed by atoms with Gasteiger partial charge in [-0.25, -0.2) is 0 Å². The van der Waals surface area contributed by atoms with Gasteiger partial charge in [0, 0.05) is 0 Å². The SMILES string of the molecule is O.O.O.O.O.O.O.O.O.O.O.O.O.O.O=P([O-])(O)O.O=P([O-])([O-])[O-].OCC(O)C(O)C(O)CO.[Na+].[Na+].[Na+].[Na+]. The van der Waals surface area contributed by atoms with E-state index in [1.54, 1.807) is 0 Å². The van der Waals surface area contributed by atoms with Gasteiger partial charge in [-0.2, -0.15) is 7.82 Å². The van der Waals surface area contributed by atoms with Gasteiger partial charge in [-0.3, -0.25) is 4.57 Å². The largest absolute Gasteiger partial charge is 1.00 e. The summed E-state index contributed by atoms with van der Waals surface area (Å²) >= 11 is 0. The van der Waals surface area contributed by atoms with Crippen LogP contribution in [0.15, 0.2) is 0 Å². The van der Waals surface area contributed by atoms with Crippen molar-refractivity contribution in [3.63, 3.8) is 0 Å². The molecule has 0 radical (unpaired) electrons. The van der Waals surface area contributed by atoms with Gasteiger partial charge in [0.2, 0.25) is 0 Å². The van der Waals surface area contributed by atoms with Crippen molar-refractivity contribution in [2.75, 3.05) is 13.2 Å². The molecule has 27 nitrogen and oxygen atoms in total. The van der Waals surface area contributed by atoms with Crippen LogP contribution in [0.4, 0.5) is 0 Å². The molecule has 33 heteroatoms. The fraction of sp³-hybridized carbons (Fsp3) is 1.00. The molecule has 0 saturated heterocycles. The number of aliphatic hydroxyl groups excluding tert-OH is 5. The van der Waals surface area contributed by atoms with Crippen LogP contribution < -0.4 is 138 Å². The number of hydrogen-bond donors (Lipinski definition) is 7. The average molecular weight is 688 g/mol. The van der Waals surface area contributed by atoms with Crippen molar-refractivity contribution in [2.24, 2.45) is 0 Å². The van der Waals surface area contributed by atoms with E-state index in [1.165, 1.54) is 0 Å². The van der Waals surface area contributed by atoms with Crippen LogP contribution in [0.25, 0.3) is 0 Å². The van der Waals surface area contributed by atoms with Crippen molar-refractivity contribution in [1.29, 1.82) is 0 Å². The van der Waals surface area contributed by atoms with E-state index in [9.17, 15) is 0 Å². The second kappa shape index (κ2) is 90.0. The Labute approximate surface area is 302 Å². The first-order valence-corrected chi connectivity index (χ1v) is 7.38. The standard InChI is InChI=1S/C5H12O5.4Na.2H3O4P.14H2O/c6-1-3(8)5(10)4(9)2-7;;;;;2*1-5(2,3)4;;;;;;;;;;;;;;/h3-10H,1-2H2;;;;;2*(H3,1,2,3,4);14*1H2/q;4*+1;;;;;;;;;;;;;;;;/p-4. The van der Waals surface area contributed by atoms with E-state index in [2.05, 4.69) is 0 Å². The maximum absolute atomic E-state index is 8.77. The van der Waals surface area contributed by atoms with Crippen LogP contribution in [0, 0.1) is 0 Å². The summed E-state index contributed by atoms with van der Waals surface area (Å²) in [4.78, 5) is 48.6. The Morgan fingerprint density at radius 1 is 0.474 bits per heavy atom. The third kappa shape index (κ3) is 244. The van der Waals surface area contributed by atoms with E-state index in [4.69, 9.17) is 64.0 Å². The molecule has 0 rings (SSSR count). The summed E-state index contributed by atoms with van der Waals surface area (Å²) < 4.78 is 17.3. The van der Waals surface area contributed by atoms with Gasteiger partial charge in [-0.05, 0) is 0 Å². The zero-order valence-corrected chi connectivity index (χ0v) is 30.4. The molecule has 238 valence electrons. The third-order valence-electron chi connectivity index (χ3n) is 1.16. The number of hydrogen-bond acceptors (Lipinski definition) is 11. The Hall–Kier alpha value is 3.46. The predicted molar refractivity (Wildman–Crippen MR) is 102 cm³/mol. The first-order valence-electron chi connectivity index (χ1n) is 4.39. The van der Waals surface area contributed by atoms with Crippen molar-refractivity contribution >= 4 is 15.6 Å². The van der Waals surface area contributed by atoms with Crippen molar-refractivity contribution in [1.82, 2.24) is 0 Å². The van der Waals surface area contributed by atoms with Crippen LogP contribution in [0.3, 0.4) is 0 Å². The first kappa shape index (κ1) is 162. The molecule has 0 fully saturated rings. The fourth-order valence-electron chi connectivity index (χ4n) is 0.472. The van der Waals surface area contributed by atoms with Gasteiger partial charge in [-0.15, -0.1) is 0 Å². The molecule has 2 unspecified atom stereocenters.